The number of alkyl halides is 3. The number of halogens is 4. The summed E-state index contributed by atoms with van der Waals surface area (Å²) in [6, 6.07) is 11.7. The first-order chi connectivity index (χ1) is 15.2. The molecule has 4 rings (SSSR count). The average Bonchev–Trinajstić information content (AvgIpc) is 3.34. The van der Waals surface area contributed by atoms with Crippen LogP contribution in [-0.4, -0.2) is 28.6 Å². The second-order valence-corrected chi connectivity index (χ2v) is 7.10. The van der Waals surface area contributed by atoms with Crippen LogP contribution in [0.5, 0.6) is 0 Å². The third-order valence-corrected chi connectivity index (χ3v) is 4.81. The van der Waals surface area contributed by atoms with Gasteiger partial charge in [-0.1, -0.05) is 31.2 Å². The quantitative estimate of drug-likeness (QED) is 0.459. The molecule has 2 aromatic carbocycles. The largest absolute Gasteiger partial charge is 0.416 e. The molecule has 32 heavy (non-hydrogen) atoms. The minimum absolute atomic E-state index is 0.0499. The Kier molecular flexibility index (Phi) is 6.92. The second-order valence-electron chi connectivity index (χ2n) is 7.10. The van der Waals surface area contributed by atoms with Crippen molar-refractivity contribution in [2.24, 2.45) is 5.92 Å². The molecule has 0 bridgehead atoms. The molecule has 1 aliphatic rings. The van der Waals surface area contributed by atoms with E-state index in [0.29, 0.717) is 6.41 Å². The van der Waals surface area contributed by atoms with Gasteiger partial charge in [0, 0.05) is 24.1 Å². The summed E-state index contributed by atoms with van der Waals surface area (Å²) in [6.07, 6.45) is -3.12. The van der Waals surface area contributed by atoms with Gasteiger partial charge in [-0.2, -0.15) is 13.2 Å². The van der Waals surface area contributed by atoms with Crippen molar-refractivity contribution in [1.29, 1.82) is 0 Å². The number of hydrogen-bond donors (Lipinski definition) is 2. The highest BCUT2D eigenvalue weighted by molar-refractivity contribution is 5.80. The average molecular weight is 448 g/mol. The van der Waals surface area contributed by atoms with Crippen molar-refractivity contribution in [3.05, 3.63) is 66.0 Å². The van der Waals surface area contributed by atoms with Gasteiger partial charge in [0.2, 0.25) is 12.3 Å². The maximum Gasteiger partial charge on any atom is 0.416 e. The van der Waals surface area contributed by atoms with Gasteiger partial charge in [-0.05, 0) is 30.7 Å². The van der Waals surface area contributed by atoms with Gasteiger partial charge in [0.1, 0.15) is 11.5 Å². The Morgan fingerprint density at radius 3 is 2.47 bits per heavy atom. The number of anilines is 1. The van der Waals surface area contributed by atoms with Gasteiger partial charge < -0.3 is 10.6 Å². The molecular formula is C22H20F4N4O2. The molecule has 0 spiro atoms. The monoisotopic (exact) mass is 448 g/mol. The summed E-state index contributed by atoms with van der Waals surface area (Å²) >= 11 is 0. The Morgan fingerprint density at radius 2 is 1.91 bits per heavy atom. The van der Waals surface area contributed by atoms with E-state index in [1.165, 1.54) is 36.4 Å². The zero-order chi connectivity index (χ0) is 23.3. The van der Waals surface area contributed by atoms with Crippen molar-refractivity contribution in [3.63, 3.8) is 0 Å². The number of rotatable bonds is 4. The highest BCUT2D eigenvalue weighted by Crippen LogP contribution is 2.33. The van der Waals surface area contributed by atoms with Gasteiger partial charge in [-0.25, -0.2) is 9.07 Å². The summed E-state index contributed by atoms with van der Waals surface area (Å²) in [5.74, 6) is -0.0397. The number of nitrogens with zero attached hydrogens (tertiary/aromatic N) is 2. The number of carbonyl (C=O) groups is 2. The molecule has 1 fully saturated rings. The molecule has 0 aliphatic carbocycles. The number of para-hydroxylation sites is 1. The SMILES string of the molecule is CC1CCNC1=O.O=CNc1cc(-c2cccc(C(F)(F)F)c2)n(-c2ccccc2F)n1. The highest BCUT2D eigenvalue weighted by Gasteiger charge is 2.31. The number of amides is 2. The van der Waals surface area contributed by atoms with Crippen LogP contribution < -0.4 is 10.6 Å². The fourth-order valence-corrected chi connectivity index (χ4v) is 3.10. The van der Waals surface area contributed by atoms with Crippen molar-refractivity contribution in [3.8, 4) is 16.9 Å². The Balaban J connectivity index is 0.000000352. The summed E-state index contributed by atoms with van der Waals surface area (Å²) in [6.45, 7) is 2.82. The van der Waals surface area contributed by atoms with Crippen LogP contribution in [-0.2, 0) is 15.8 Å². The molecule has 0 saturated carbocycles. The first-order valence-electron chi connectivity index (χ1n) is 9.71. The highest BCUT2D eigenvalue weighted by atomic mass is 19.4. The van der Waals surface area contributed by atoms with E-state index in [1.54, 1.807) is 6.07 Å². The van der Waals surface area contributed by atoms with Gasteiger partial charge in [-0.3, -0.25) is 9.59 Å². The fraction of sp³-hybridized carbons (Fsp3) is 0.227. The molecule has 3 aromatic rings. The Bertz CT molecular complexity index is 1110. The minimum atomic E-state index is -4.51. The molecule has 1 saturated heterocycles. The lowest BCUT2D eigenvalue weighted by molar-refractivity contribution is -0.137. The van der Waals surface area contributed by atoms with E-state index in [1.807, 2.05) is 6.92 Å². The van der Waals surface area contributed by atoms with Gasteiger partial charge in [-0.15, -0.1) is 5.10 Å². The number of carbonyl (C=O) groups excluding carboxylic acids is 2. The van der Waals surface area contributed by atoms with Crippen LogP contribution in [0.3, 0.4) is 0 Å². The minimum Gasteiger partial charge on any atom is -0.356 e. The van der Waals surface area contributed by atoms with Crippen molar-refractivity contribution < 1.29 is 27.2 Å². The van der Waals surface area contributed by atoms with Crippen LogP contribution in [0.1, 0.15) is 18.9 Å². The molecule has 10 heteroatoms. The van der Waals surface area contributed by atoms with Crippen LogP contribution in [0.4, 0.5) is 23.4 Å². The number of nitrogens with one attached hydrogen (secondary N) is 2. The predicted molar refractivity (Wildman–Crippen MR) is 110 cm³/mol. The van der Waals surface area contributed by atoms with Crippen LogP contribution in [0.15, 0.2) is 54.6 Å². The molecular weight excluding hydrogens is 428 g/mol. The van der Waals surface area contributed by atoms with E-state index in [-0.39, 0.29) is 34.6 Å². The molecule has 168 valence electrons. The van der Waals surface area contributed by atoms with Crippen LogP contribution in [0.2, 0.25) is 0 Å². The molecule has 0 radical (unpaired) electrons. The summed E-state index contributed by atoms with van der Waals surface area (Å²) in [5.41, 5.74) is -0.393. The molecule has 6 nitrogen and oxygen atoms in total. The second kappa shape index (κ2) is 9.63. The van der Waals surface area contributed by atoms with Gasteiger partial charge >= 0.3 is 6.18 Å². The predicted octanol–water partition coefficient (Wildman–Crippen LogP) is 4.41. The zero-order valence-corrected chi connectivity index (χ0v) is 17.0. The van der Waals surface area contributed by atoms with E-state index in [2.05, 4.69) is 15.7 Å². The summed E-state index contributed by atoms with van der Waals surface area (Å²) in [4.78, 5) is 21.1. The third-order valence-electron chi connectivity index (χ3n) is 4.81. The van der Waals surface area contributed by atoms with Crippen LogP contribution in [0, 0.1) is 11.7 Å². The van der Waals surface area contributed by atoms with Gasteiger partial charge in [0.15, 0.2) is 5.82 Å². The van der Waals surface area contributed by atoms with Crippen molar-refractivity contribution in [2.75, 3.05) is 11.9 Å². The first kappa shape index (κ1) is 23.0. The van der Waals surface area contributed by atoms with Crippen molar-refractivity contribution in [2.45, 2.75) is 19.5 Å². The third kappa shape index (κ3) is 5.32. The van der Waals surface area contributed by atoms with E-state index >= 15 is 0 Å². The van der Waals surface area contributed by atoms with Gasteiger partial charge in [0.05, 0.1) is 11.3 Å². The molecule has 2 heterocycles. The van der Waals surface area contributed by atoms with E-state index in [4.69, 9.17) is 0 Å². The van der Waals surface area contributed by atoms with E-state index < -0.39 is 17.6 Å². The fourth-order valence-electron chi connectivity index (χ4n) is 3.10. The van der Waals surface area contributed by atoms with Crippen LogP contribution in [0.25, 0.3) is 16.9 Å². The maximum atomic E-state index is 14.1. The summed E-state index contributed by atoms with van der Waals surface area (Å²) < 4.78 is 54.1. The number of aromatic nitrogens is 2. The normalized spacial score (nSPS) is 15.5. The van der Waals surface area contributed by atoms with Crippen LogP contribution >= 0.6 is 0 Å². The summed E-state index contributed by atoms with van der Waals surface area (Å²) in [5, 5.41) is 9.10. The molecule has 1 aliphatic heterocycles. The topological polar surface area (TPSA) is 76.0 Å². The smallest absolute Gasteiger partial charge is 0.356 e. The lowest BCUT2D eigenvalue weighted by atomic mass is 10.1. The standard InChI is InChI=1S/C17H11F4N3O.C5H9NO/c18-13-6-1-2-7-14(13)24-15(9-16(23-24)22-10-25)11-4-3-5-12(8-11)17(19,20)21;1-4-2-3-6-5(4)7/h1-10H,(H,22,23,25);4H,2-3H2,1H3,(H,6,7). The maximum absolute atomic E-state index is 14.1. The first-order valence-corrected chi connectivity index (χ1v) is 9.71. The summed E-state index contributed by atoms with van der Waals surface area (Å²) in [7, 11) is 0. The molecule has 1 unspecified atom stereocenters. The van der Waals surface area contributed by atoms with Crippen molar-refractivity contribution >= 4 is 18.1 Å². The van der Waals surface area contributed by atoms with E-state index in [0.717, 1.165) is 29.8 Å². The number of benzene rings is 2. The van der Waals surface area contributed by atoms with Crippen molar-refractivity contribution in [1.82, 2.24) is 15.1 Å². The Hall–Kier alpha value is -3.69. The Labute approximate surface area is 181 Å². The van der Waals surface area contributed by atoms with Gasteiger partial charge in [0.25, 0.3) is 0 Å². The lowest BCUT2D eigenvalue weighted by Gasteiger charge is -2.11. The molecule has 2 amide bonds. The number of hydrogen-bond acceptors (Lipinski definition) is 3. The van der Waals surface area contributed by atoms with E-state index in [9.17, 15) is 27.2 Å². The molecule has 1 aromatic heterocycles. The Morgan fingerprint density at radius 1 is 1.16 bits per heavy atom. The molecule has 1 atom stereocenters. The zero-order valence-electron chi connectivity index (χ0n) is 17.0. The molecule has 2 N–H and O–H groups in total. The lowest BCUT2D eigenvalue weighted by Crippen LogP contribution is -2.16.